The van der Waals surface area contributed by atoms with Crippen molar-refractivity contribution >= 4 is 5.91 Å². The van der Waals surface area contributed by atoms with Gasteiger partial charge in [-0.05, 0) is 49.4 Å². The topological polar surface area (TPSA) is 55.6 Å². The lowest BCUT2D eigenvalue weighted by Gasteiger charge is -2.23. The number of methoxy groups -OCH3 is 1. The number of hydrogen-bond donors (Lipinski definition) is 1. The Labute approximate surface area is 127 Å². The highest BCUT2D eigenvalue weighted by Gasteiger charge is 2.31. The molecule has 1 aromatic carbocycles. The molecular formula is C17H26N2O2. The summed E-state index contributed by atoms with van der Waals surface area (Å²) < 4.78 is 5.25. The van der Waals surface area contributed by atoms with E-state index in [9.17, 15) is 4.79 Å². The van der Waals surface area contributed by atoms with Crippen molar-refractivity contribution in [3.8, 4) is 5.75 Å². The van der Waals surface area contributed by atoms with Gasteiger partial charge in [-0.15, -0.1) is 0 Å². The molecule has 0 aromatic heterocycles. The third-order valence-electron chi connectivity index (χ3n) is 4.46. The minimum Gasteiger partial charge on any atom is -0.497 e. The molecule has 0 radical (unpaired) electrons. The maximum atomic E-state index is 12.5. The van der Waals surface area contributed by atoms with Crippen molar-refractivity contribution in [2.75, 3.05) is 20.2 Å². The van der Waals surface area contributed by atoms with Gasteiger partial charge in [0.15, 0.2) is 0 Å². The molecule has 3 unspecified atom stereocenters. The lowest BCUT2D eigenvalue weighted by Crippen LogP contribution is -2.35. The first-order valence-corrected chi connectivity index (χ1v) is 7.68. The maximum Gasteiger partial charge on any atom is 0.223 e. The zero-order valence-electron chi connectivity index (χ0n) is 13.2. The average molecular weight is 290 g/mol. The summed E-state index contributed by atoms with van der Waals surface area (Å²) in [7, 11) is 1.66. The van der Waals surface area contributed by atoms with Crippen LogP contribution in [0.4, 0.5) is 0 Å². The number of carbonyl (C=O) groups excluding carboxylic acids is 1. The molecule has 1 aromatic rings. The molecule has 1 amide bonds. The van der Waals surface area contributed by atoms with E-state index >= 15 is 0 Å². The highest BCUT2D eigenvalue weighted by atomic mass is 16.5. The largest absolute Gasteiger partial charge is 0.497 e. The Hall–Kier alpha value is -1.55. The lowest BCUT2D eigenvalue weighted by molar-refractivity contribution is -0.132. The Morgan fingerprint density at radius 1 is 1.52 bits per heavy atom. The molecule has 1 saturated heterocycles. The summed E-state index contributed by atoms with van der Waals surface area (Å²) in [5.41, 5.74) is 6.87. The number of ether oxygens (including phenoxy) is 1. The van der Waals surface area contributed by atoms with E-state index in [1.807, 2.05) is 23.1 Å². The summed E-state index contributed by atoms with van der Waals surface area (Å²) in [5, 5.41) is 0. The van der Waals surface area contributed by atoms with Crippen molar-refractivity contribution in [3.63, 3.8) is 0 Å². The monoisotopic (exact) mass is 290 g/mol. The van der Waals surface area contributed by atoms with Gasteiger partial charge in [-0.3, -0.25) is 4.79 Å². The summed E-state index contributed by atoms with van der Waals surface area (Å²) in [5.74, 6) is 1.71. The van der Waals surface area contributed by atoms with Crippen LogP contribution >= 0.6 is 0 Å². The third kappa shape index (κ3) is 3.76. The molecule has 2 N–H and O–H groups in total. The average Bonchev–Trinajstić information content (AvgIpc) is 2.88. The molecule has 116 valence electrons. The summed E-state index contributed by atoms with van der Waals surface area (Å²) in [4.78, 5) is 14.5. The number of likely N-dealkylation sites (tertiary alicyclic amines) is 1. The Morgan fingerprint density at radius 2 is 2.29 bits per heavy atom. The molecule has 0 spiro atoms. The quantitative estimate of drug-likeness (QED) is 0.906. The van der Waals surface area contributed by atoms with Crippen LogP contribution in [0.15, 0.2) is 24.3 Å². The van der Waals surface area contributed by atoms with Crippen LogP contribution in [0, 0.1) is 5.92 Å². The van der Waals surface area contributed by atoms with Crippen molar-refractivity contribution in [3.05, 3.63) is 29.8 Å². The maximum absolute atomic E-state index is 12.5. The Balaban J connectivity index is 1.98. The Morgan fingerprint density at radius 3 is 2.90 bits per heavy atom. The van der Waals surface area contributed by atoms with Crippen LogP contribution in [-0.4, -0.2) is 37.0 Å². The van der Waals surface area contributed by atoms with Crippen molar-refractivity contribution < 1.29 is 9.53 Å². The fourth-order valence-corrected chi connectivity index (χ4v) is 3.11. The van der Waals surface area contributed by atoms with Gasteiger partial charge >= 0.3 is 0 Å². The standard InChI is InChI=1S/C17H26N2O2/c1-12(15-5-4-6-16(9-15)21-3)7-17(20)19-11-14(10-18)8-13(19)2/h4-6,9,12-14H,7-8,10-11,18H2,1-3H3. The minimum absolute atomic E-state index is 0.191. The number of benzene rings is 1. The van der Waals surface area contributed by atoms with Crippen molar-refractivity contribution in [1.29, 1.82) is 0 Å². The van der Waals surface area contributed by atoms with Gasteiger partial charge in [0.25, 0.3) is 0 Å². The van der Waals surface area contributed by atoms with Crippen molar-refractivity contribution in [1.82, 2.24) is 4.90 Å². The molecular weight excluding hydrogens is 264 g/mol. The van der Waals surface area contributed by atoms with Crippen LogP contribution in [0.2, 0.25) is 0 Å². The lowest BCUT2D eigenvalue weighted by atomic mass is 9.97. The van der Waals surface area contributed by atoms with Crippen molar-refractivity contribution in [2.45, 2.75) is 38.6 Å². The van der Waals surface area contributed by atoms with Gasteiger partial charge in [-0.25, -0.2) is 0 Å². The van der Waals surface area contributed by atoms with Crippen LogP contribution in [0.25, 0.3) is 0 Å². The number of rotatable bonds is 5. The smallest absolute Gasteiger partial charge is 0.223 e. The molecule has 4 nitrogen and oxygen atoms in total. The molecule has 1 aliphatic rings. The van der Waals surface area contributed by atoms with Crippen LogP contribution in [0.5, 0.6) is 5.75 Å². The second-order valence-electron chi connectivity index (χ2n) is 6.11. The molecule has 0 bridgehead atoms. The second kappa shape index (κ2) is 6.94. The first kappa shape index (κ1) is 15.8. The van der Waals surface area contributed by atoms with Crippen LogP contribution in [0.1, 0.15) is 38.2 Å². The fourth-order valence-electron chi connectivity index (χ4n) is 3.11. The Bertz CT molecular complexity index is 489. The molecule has 0 aliphatic carbocycles. The molecule has 2 rings (SSSR count). The SMILES string of the molecule is COc1cccc(C(C)CC(=O)N2CC(CN)CC2C)c1. The molecule has 0 saturated carbocycles. The number of nitrogens with two attached hydrogens (primary N) is 1. The van der Waals surface area contributed by atoms with Gasteiger partial charge in [-0.1, -0.05) is 19.1 Å². The van der Waals surface area contributed by atoms with E-state index in [2.05, 4.69) is 19.9 Å². The van der Waals surface area contributed by atoms with E-state index in [0.29, 0.717) is 24.9 Å². The summed E-state index contributed by atoms with van der Waals surface area (Å²) in [6.45, 7) is 5.68. The van der Waals surface area contributed by atoms with E-state index in [1.165, 1.54) is 0 Å². The van der Waals surface area contributed by atoms with Gasteiger partial charge in [0.1, 0.15) is 5.75 Å². The number of hydrogen-bond acceptors (Lipinski definition) is 3. The molecule has 1 heterocycles. The molecule has 1 aliphatic heterocycles. The first-order valence-electron chi connectivity index (χ1n) is 7.68. The molecule has 4 heteroatoms. The molecule has 21 heavy (non-hydrogen) atoms. The van der Waals surface area contributed by atoms with Gasteiger partial charge in [0.05, 0.1) is 7.11 Å². The van der Waals surface area contributed by atoms with E-state index in [1.54, 1.807) is 7.11 Å². The second-order valence-corrected chi connectivity index (χ2v) is 6.11. The predicted octanol–water partition coefficient (Wildman–Crippen LogP) is 2.38. The summed E-state index contributed by atoms with van der Waals surface area (Å²) in [6, 6.07) is 8.26. The fraction of sp³-hybridized carbons (Fsp3) is 0.588. The highest BCUT2D eigenvalue weighted by molar-refractivity contribution is 5.77. The zero-order valence-corrected chi connectivity index (χ0v) is 13.2. The minimum atomic E-state index is 0.191. The van der Waals surface area contributed by atoms with E-state index in [4.69, 9.17) is 10.5 Å². The third-order valence-corrected chi connectivity index (χ3v) is 4.46. The number of amides is 1. The highest BCUT2D eigenvalue weighted by Crippen LogP contribution is 2.27. The zero-order chi connectivity index (χ0) is 15.4. The van der Waals surface area contributed by atoms with Gasteiger partial charge in [0, 0.05) is 19.0 Å². The van der Waals surface area contributed by atoms with Gasteiger partial charge in [-0.2, -0.15) is 0 Å². The first-order chi connectivity index (χ1) is 10.0. The van der Waals surface area contributed by atoms with E-state index in [-0.39, 0.29) is 11.8 Å². The predicted molar refractivity (Wildman–Crippen MR) is 84.4 cm³/mol. The van der Waals surface area contributed by atoms with E-state index < -0.39 is 0 Å². The molecule has 3 atom stereocenters. The van der Waals surface area contributed by atoms with Crippen LogP contribution < -0.4 is 10.5 Å². The van der Waals surface area contributed by atoms with Crippen LogP contribution in [0.3, 0.4) is 0 Å². The number of nitrogens with zero attached hydrogens (tertiary/aromatic N) is 1. The number of carbonyl (C=O) groups is 1. The van der Waals surface area contributed by atoms with Gasteiger partial charge < -0.3 is 15.4 Å². The summed E-state index contributed by atoms with van der Waals surface area (Å²) >= 11 is 0. The van der Waals surface area contributed by atoms with Crippen LogP contribution in [-0.2, 0) is 4.79 Å². The Kier molecular flexibility index (Phi) is 5.23. The molecule has 1 fully saturated rings. The van der Waals surface area contributed by atoms with Crippen molar-refractivity contribution in [2.24, 2.45) is 11.7 Å². The van der Waals surface area contributed by atoms with Gasteiger partial charge in [0.2, 0.25) is 5.91 Å². The normalized spacial score (nSPS) is 23.1. The summed E-state index contributed by atoms with van der Waals surface area (Å²) in [6.07, 6.45) is 1.56. The van der Waals surface area contributed by atoms with E-state index in [0.717, 1.165) is 24.3 Å².